The van der Waals surface area contributed by atoms with E-state index in [1.165, 1.54) is 4.90 Å². The highest BCUT2D eigenvalue weighted by atomic mass is 35.5. The Morgan fingerprint density at radius 3 is 2.54 bits per heavy atom. The van der Waals surface area contributed by atoms with E-state index in [1.807, 2.05) is 60.9 Å². The minimum Gasteiger partial charge on any atom is -0.465 e. The van der Waals surface area contributed by atoms with Crippen LogP contribution in [-0.4, -0.2) is 59.2 Å². The number of pyridine rings is 1. The number of aromatic nitrogens is 5. The number of imidazole rings is 1. The molecule has 3 aromatic heterocycles. The topological polar surface area (TPSA) is 109 Å². The fourth-order valence-corrected chi connectivity index (χ4v) is 5.74. The largest absolute Gasteiger partial charge is 0.465 e. The standard InChI is InChI=1S/C28H28ClN7O3/c1-15(2)35-24-22(30-26(35)19-9-11-33(12-10-19)28(38)39)27(37)36(23(24)18-5-7-20(29)8-6-18)21-13-16(3)25-32-31-17(4)34(25)14-21/h5-9,13-15,23H,10-12H2,1-4H3,(H,38,39). The normalized spacial score (nSPS) is 17.3. The third-order valence-electron chi connectivity index (χ3n) is 7.48. The SMILES string of the molecule is Cc1cc(N2C(=O)c3nc(C4=CCN(C(=O)O)CC4)n(C(C)C)c3C2c2ccc(Cl)cc2)cn2c(C)nnc12. The van der Waals surface area contributed by atoms with E-state index in [2.05, 4.69) is 28.6 Å². The molecule has 1 aromatic carbocycles. The molecule has 11 heteroatoms. The molecule has 4 aromatic rings. The van der Waals surface area contributed by atoms with E-state index in [9.17, 15) is 14.7 Å². The first-order chi connectivity index (χ1) is 18.7. The van der Waals surface area contributed by atoms with Crippen molar-refractivity contribution in [3.63, 3.8) is 0 Å². The van der Waals surface area contributed by atoms with Gasteiger partial charge in [-0.3, -0.25) is 14.1 Å². The Balaban J connectivity index is 1.55. The Bertz CT molecular complexity index is 1670. The Morgan fingerprint density at radius 1 is 1.15 bits per heavy atom. The molecule has 0 fully saturated rings. The second-order valence-electron chi connectivity index (χ2n) is 10.3. The van der Waals surface area contributed by atoms with Crippen LogP contribution in [0.15, 0.2) is 42.6 Å². The van der Waals surface area contributed by atoms with Gasteiger partial charge in [-0.05, 0) is 69.0 Å². The summed E-state index contributed by atoms with van der Waals surface area (Å²) >= 11 is 6.24. The summed E-state index contributed by atoms with van der Waals surface area (Å²) in [5, 5.41) is 18.5. The van der Waals surface area contributed by atoms with E-state index in [1.54, 1.807) is 4.90 Å². The third kappa shape index (κ3) is 3.97. The average Bonchev–Trinajstić information content (AvgIpc) is 3.56. The van der Waals surface area contributed by atoms with Crippen LogP contribution in [0.1, 0.15) is 71.3 Å². The van der Waals surface area contributed by atoms with Gasteiger partial charge >= 0.3 is 6.09 Å². The number of fused-ring (bicyclic) bond motifs is 2. The van der Waals surface area contributed by atoms with Crippen molar-refractivity contribution in [1.82, 2.24) is 29.0 Å². The van der Waals surface area contributed by atoms with Crippen molar-refractivity contribution < 1.29 is 14.7 Å². The number of halogens is 1. The van der Waals surface area contributed by atoms with E-state index >= 15 is 0 Å². The molecule has 200 valence electrons. The molecule has 6 rings (SSSR count). The third-order valence-corrected chi connectivity index (χ3v) is 7.73. The highest BCUT2D eigenvalue weighted by Gasteiger charge is 2.45. The summed E-state index contributed by atoms with van der Waals surface area (Å²) in [6.07, 6.45) is 3.39. The molecule has 10 nitrogen and oxygen atoms in total. The molecular formula is C28H28ClN7O3. The summed E-state index contributed by atoms with van der Waals surface area (Å²) in [5.74, 6) is 1.25. The van der Waals surface area contributed by atoms with Crippen molar-refractivity contribution in [3.05, 3.63) is 81.8 Å². The molecule has 0 radical (unpaired) electrons. The summed E-state index contributed by atoms with van der Waals surface area (Å²) in [4.78, 5) is 33.7. The summed E-state index contributed by atoms with van der Waals surface area (Å²) in [5.41, 5.74) is 5.44. The first kappa shape index (κ1) is 25.1. The predicted molar refractivity (Wildman–Crippen MR) is 147 cm³/mol. The molecule has 1 atom stereocenters. The maximum Gasteiger partial charge on any atom is 0.407 e. The lowest BCUT2D eigenvalue weighted by atomic mass is 10.0. The molecule has 1 N–H and O–H groups in total. The van der Waals surface area contributed by atoms with Crippen molar-refractivity contribution in [2.75, 3.05) is 18.0 Å². The van der Waals surface area contributed by atoms with Gasteiger partial charge < -0.3 is 14.6 Å². The number of amides is 2. The molecule has 2 aliphatic rings. The molecule has 0 spiro atoms. The Labute approximate surface area is 230 Å². The Hall–Kier alpha value is -4.18. The number of aryl methyl sites for hydroxylation is 2. The van der Waals surface area contributed by atoms with E-state index in [4.69, 9.17) is 16.6 Å². The smallest absolute Gasteiger partial charge is 0.407 e. The summed E-state index contributed by atoms with van der Waals surface area (Å²) in [7, 11) is 0. The van der Waals surface area contributed by atoms with Gasteiger partial charge in [-0.2, -0.15) is 0 Å². The zero-order valence-corrected chi connectivity index (χ0v) is 22.8. The molecule has 0 aliphatic carbocycles. The van der Waals surface area contributed by atoms with Gasteiger partial charge in [-0.1, -0.05) is 29.8 Å². The van der Waals surface area contributed by atoms with Crippen molar-refractivity contribution in [2.24, 2.45) is 0 Å². The van der Waals surface area contributed by atoms with Crippen LogP contribution in [0.25, 0.3) is 11.2 Å². The van der Waals surface area contributed by atoms with Gasteiger partial charge in [-0.15, -0.1) is 10.2 Å². The van der Waals surface area contributed by atoms with Gasteiger partial charge in [0.2, 0.25) is 0 Å². The van der Waals surface area contributed by atoms with Gasteiger partial charge in [0.15, 0.2) is 11.3 Å². The maximum absolute atomic E-state index is 14.2. The van der Waals surface area contributed by atoms with Crippen LogP contribution in [0.2, 0.25) is 5.02 Å². The lowest BCUT2D eigenvalue weighted by Crippen LogP contribution is -2.34. The second-order valence-corrected chi connectivity index (χ2v) is 10.7. The number of rotatable bonds is 4. The number of carbonyl (C=O) groups is 2. The van der Waals surface area contributed by atoms with Crippen LogP contribution in [0, 0.1) is 13.8 Å². The highest BCUT2D eigenvalue weighted by molar-refractivity contribution is 6.30. The minimum atomic E-state index is -0.941. The lowest BCUT2D eigenvalue weighted by Gasteiger charge is -2.30. The monoisotopic (exact) mass is 545 g/mol. The van der Waals surface area contributed by atoms with Crippen LogP contribution in [0.4, 0.5) is 10.5 Å². The molecule has 2 aliphatic heterocycles. The first-order valence-corrected chi connectivity index (χ1v) is 13.2. The molecule has 0 saturated carbocycles. The Morgan fingerprint density at radius 2 is 1.90 bits per heavy atom. The number of hydrogen-bond acceptors (Lipinski definition) is 5. The molecular weight excluding hydrogens is 518 g/mol. The van der Waals surface area contributed by atoms with Crippen LogP contribution in [0.3, 0.4) is 0 Å². The van der Waals surface area contributed by atoms with Crippen LogP contribution in [0.5, 0.6) is 0 Å². The second kappa shape index (κ2) is 9.23. The average molecular weight is 546 g/mol. The van der Waals surface area contributed by atoms with Gasteiger partial charge in [-0.25, -0.2) is 9.78 Å². The van der Waals surface area contributed by atoms with E-state index < -0.39 is 12.1 Å². The van der Waals surface area contributed by atoms with Crippen molar-refractivity contribution in [3.8, 4) is 0 Å². The summed E-state index contributed by atoms with van der Waals surface area (Å²) in [6.45, 7) is 8.65. The molecule has 5 heterocycles. The van der Waals surface area contributed by atoms with Gasteiger partial charge in [0, 0.05) is 30.4 Å². The van der Waals surface area contributed by atoms with Crippen molar-refractivity contribution in [2.45, 2.75) is 46.2 Å². The van der Waals surface area contributed by atoms with Crippen molar-refractivity contribution in [1.29, 1.82) is 0 Å². The van der Waals surface area contributed by atoms with Crippen molar-refractivity contribution >= 4 is 40.5 Å². The molecule has 1 unspecified atom stereocenters. The number of nitrogens with zero attached hydrogens (tertiary/aromatic N) is 7. The van der Waals surface area contributed by atoms with E-state index in [-0.39, 0.29) is 11.9 Å². The summed E-state index contributed by atoms with van der Waals surface area (Å²) < 4.78 is 4.03. The predicted octanol–water partition coefficient (Wildman–Crippen LogP) is 5.29. The number of carboxylic acid groups (broad SMARTS) is 1. The molecule has 0 saturated heterocycles. The fraction of sp³-hybridized carbons (Fsp3) is 0.321. The zero-order chi connectivity index (χ0) is 27.6. The Kier molecular flexibility index (Phi) is 5.95. The quantitative estimate of drug-likeness (QED) is 0.373. The summed E-state index contributed by atoms with van der Waals surface area (Å²) in [6, 6.07) is 9.07. The van der Waals surface area contributed by atoms with Gasteiger partial charge in [0.1, 0.15) is 17.7 Å². The van der Waals surface area contributed by atoms with E-state index in [0.29, 0.717) is 36.1 Å². The lowest BCUT2D eigenvalue weighted by molar-refractivity contribution is 0.0989. The first-order valence-electron chi connectivity index (χ1n) is 12.9. The molecule has 39 heavy (non-hydrogen) atoms. The van der Waals surface area contributed by atoms with Crippen LogP contribution in [-0.2, 0) is 0 Å². The number of anilines is 1. The number of benzene rings is 1. The fourth-order valence-electron chi connectivity index (χ4n) is 5.61. The molecule has 0 bridgehead atoms. The van der Waals surface area contributed by atoms with Gasteiger partial charge in [0.05, 0.1) is 11.4 Å². The minimum absolute atomic E-state index is 0.00140. The number of hydrogen-bond donors (Lipinski definition) is 1. The van der Waals surface area contributed by atoms with Gasteiger partial charge in [0.25, 0.3) is 5.91 Å². The molecule has 2 amide bonds. The zero-order valence-electron chi connectivity index (χ0n) is 22.1. The maximum atomic E-state index is 14.2. The number of carbonyl (C=O) groups excluding carboxylic acids is 1. The van der Waals surface area contributed by atoms with Crippen LogP contribution < -0.4 is 4.90 Å². The van der Waals surface area contributed by atoms with E-state index in [0.717, 1.165) is 39.6 Å². The van der Waals surface area contributed by atoms with Crippen LogP contribution >= 0.6 is 11.6 Å². The highest BCUT2D eigenvalue weighted by Crippen LogP contribution is 2.44.